The van der Waals surface area contributed by atoms with E-state index in [1.165, 1.54) is 71.6 Å². The van der Waals surface area contributed by atoms with Crippen LogP contribution in [0.25, 0.3) is 66.1 Å². The predicted molar refractivity (Wildman–Crippen MR) is 223 cm³/mol. The molecule has 0 bridgehead atoms. The van der Waals surface area contributed by atoms with Crippen molar-refractivity contribution >= 4 is 38.6 Å². The van der Waals surface area contributed by atoms with Gasteiger partial charge in [-0.05, 0) is 103 Å². The van der Waals surface area contributed by atoms with Gasteiger partial charge in [-0.1, -0.05) is 176 Å². The van der Waals surface area contributed by atoms with Gasteiger partial charge in [0.25, 0.3) is 0 Å². The van der Waals surface area contributed by atoms with Crippen molar-refractivity contribution < 1.29 is 0 Å². The molecule has 246 valence electrons. The maximum absolute atomic E-state index is 2.43. The Hall–Kier alpha value is -6.70. The average Bonchev–Trinajstić information content (AvgIpc) is 3.21. The molecule has 0 aliphatic rings. The second kappa shape index (κ2) is 13.5. The van der Waals surface area contributed by atoms with Gasteiger partial charge in [0, 0.05) is 16.9 Å². The molecule has 0 amide bonds. The third kappa shape index (κ3) is 5.83. The minimum atomic E-state index is 1.10. The summed E-state index contributed by atoms with van der Waals surface area (Å²) in [4.78, 5) is 2.43. The Labute approximate surface area is 305 Å². The van der Waals surface area contributed by atoms with Crippen molar-refractivity contribution in [2.75, 3.05) is 4.90 Å². The molecule has 1 nitrogen and oxygen atoms in total. The molecule has 1 heteroatoms. The van der Waals surface area contributed by atoms with E-state index in [0.29, 0.717) is 0 Å². The fourth-order valence-corrected chi connectivity index (χ4v) is 7.62. The molecule has 0 aliphatic heterocycles. The summed E-state index contributed by atoms with van der Waals surface area (Å²) in [6.07, 6.45) is 0. The first-order valence-electron chi connectivity index (χ1n) is 17.9. The van der Waals surface area contributed by atoms with E-state index in [0.717, 1.165) is 17.1 Å². The van der Waals surface area contributed by atoms with E-state index in [1.54, 1.807) is 0 Å². The monoisotopic (exact) mass is 663 g/mol. The number of benzene rings is 9. The molecule has 0 fully saturated rings. The van der Waals surface area contributed by atoms with Crippen molar-refractivity contribution in [2.45, 2.75) is 6.92 Å². The van der Waals surface area contributed by atoms with E-state index in [2.05, 4.69) is 218 Å². The Balaban J connectivity index is 1.25. The van der Waals surface area contributed by atoms with Gasteiger partial charge in [-0.2, -0.15) is 0 Å². The quantitative estimate of drug-likeness (QED) is 0.164. The van der Waals surface area contributed by atoms with Crippen molar-refractivity contribution in [1.82, 2.24) is 0 Å². The first-order chi connectivity index (χ1) is 25.7. The summed E-state index contributed by atoms with van der Waals surface area (Å²) in [5.74, 6) is 0. The highest BCUT2D eigenvalue weighted by Gasteiger charge is 2.22. The number of fused-ring (bicyclic) bond motifs is 2. The number of hydrogen-bond donors (Lipinski definition) is 0. The van der Waals surface area contributed by atoms with Gasteiger partial charge in [0.2, 0.25) is 0 Å². The molecule has 52 heavy (non-hydrogen) atoms. The van der Waals surface area contributed by atoms with E-state index in [9.17, 15) is 0 Å². The SMILES string of the molecule is Cc1cccc(N(c2ccc(-c3ccc(-c4ccccc4)cc3)cc2)c2cccc(-c3cccc4ccccc34)c2-c2cccc3ccccc23)c1. The minimum Gasteiger partial charge on any atom is -0.310 e. The summed E-state index contributed by atoms with van der Waals surface area (Å²) in [7, 11) is 0. The molecule has 0 spiro atoms. The Morgan fingerprint density at radius 1 is 0.327 bits per heavy atom. The van der Waals surface area contributed by atoms with E-state index >= 15 is 0 Å². The molecular weight excluding hydrogens is 627 g/mol. The summed E-state index contributed by atoms with van der Waals surface area (Å²) in [6.45, 7) is 2.17. The number of aryl methyl sites for hydroxylation is 1. The van der Waals surface area contributed by atoms with E-state index < -0.39 is 0 Å². The smallest absolute Gasteiger partial charge is 0.0546 e. The Bertz CT molecular complexity index is 2660. The topological polar surface area (TPSA) is 3.24 Å². The second-order valence-electron chi connectivity index (χ2n) is 13.4. The first-order valence-corrected chi connectivity index (χ1v) is 17.9. The van der Waals surface area contributed by atoms with Gasteiger partial charge >= 0.3 is 0 Å². The molecule has 9 aromatic carbocycles. The third-order valence-corrected chi connectivity index (χ3v) is 10.1. The van der Waals surface area contributed by atoms with E-state index in [1.807, 2.05) is 0 Å². The Kier molecular flexibility index (Phi) is 8.15. The molecule has 9 rings (SSSR count). The van der Waals surface area contributed by atoms with Gasteiger partial charge in [0.1, 0.15) is 0 Å². The number of anilines is 3. The fourth-order valence-electron chi connectivity index (χ4n) is 7.62. The van der Waals surface area contributed by atoms with Gasteiger partial charge in [0.05, 0.1) is 5.69 Å². The van der Waals surface area contributed by atoms with Crippen molar-refractivity contribution in [3.63, 3.8) is 0 Å². The largest absolute Gasteiger partial charge is 0.310 e. The standard InChI is InChI=1S/C51H37N/c1-36-13-9-20-44(35-36)52(43-33-31-40(32-34-43)39-29-27-38(28-30-39)37-14-3-2-4-15-37)50-26-12-25-49(47-23-10-18-41-16-5-7-21-45(41)47)51(50)48-24-11-19-42-17-6-8-22-46(42)48/h2-35H,1H3. The molecular formula is C51H37N. The van der Waals surface area contributed by atoms with Crippen LogP contribution in [0.1, 0.15) is 5.56 Å². The lowest BCUT2D eigenvalue weighted by Crippen LogP contribution is -2.12. The van der Waals surface area contributed by atoms with Crippen LogP contribution in [0.5, 0.6) is 0 Å². The maximum Gasteiger partial charge on any atom is 0.0546 e. The lowest BCUT2D eigenvalue weighted by atomic mass is 9.87. The van der Waals surface area contributed by atoms with Gasteiger partial charge in [-0.15, -0.1) is 0 Å². The molecule has 0 aliphatic carbocycles. The zero-order chi connectivity index (χ0) is 34.9. The van der Waals surface area contributed by atoms with Crippen LogP contribution in [-0.2, 0) is 0 Å². The highest BCUT2D eigenvalue weighted by Crippen LogP contribution is 2.48. The molecule has 0 unspecified atom stereocenters. The minimum absolute atomic E-state index is 1.10. The van der Waals surface area contributed by atoms with Crippen molar-refractivity contribution in [2.24, 2.45) is 0 Å². The van der Waals surface area contributed by atoms with Crippen molar-refractivity contribution in [3.8, 4) is 44.5 Å². The zero-order valence-corrected chi connectivity index (χ0v) is 29.1. The molecule has 0 aromatic heterocycles. The summed E-state index contributed by atoms with van der Waals surface area (Å²) < 4.78 is 0. The van der Waals surface area contributed by atoms with Crippen LogP contribution in [-0.4, -0.2) is 0 Å². The first kappa shape index (κ1) is 31.3. The number of rotatable bonds is 7. The highest BCUT2D eigenvalue weighted by atomic mass is 15.1. The number of nitrogens with zero attached hydrogens (tertiary/aromatic N) is 1. The second-order valence-corrected chi connectivity index (χ2v) is 13.4. The van der Waals surface area contributed by atoms with Crippen LogP contribution in [0.4, 0.5) is 17.1 Å². The van der Waals surface area contributed by atoms with Crippen LogP contribution < -0.4 is 4.90 Å². The molecule has 0 heterocycles. The van der Waals surface area contributed by atoms with Crippen LogP contribution in [0.2, 0.25) is 0 Å². The summed E-state index contributed by atoms with van der Waals surface area (Å²) in [5, 5.41) is 4.94. The molecule has 9 aromatic rings. The lowest BCUT2D eigenvalue weighted by molar-refractivity contribution is 1.27. The van der Waals surface area contributed by atoms with Gasteiger partial charge in [0.15, 0.2) is 0 Å². The maximum atomic E-state index is 2.43. The Morgan fingerprint density at radius 3 is 1.46 bits per heavy atom. The fraction of sp³-hybridized carbons (Fsp3) is 0.0196. The molecule has 0 atom stereocenters. The highest BCUT2D eigenvalue weighted by molar-refractivity contribution is 6.09. The average molecular weight is 664 g/mol. The third-order valence-electron chi connectivity index (χ3n) is 10.1. The van der Waals surface area contributed by atoms with Crippen LogP contribution in [0.3, 0.4) is 0 Å². The van der Waals surface area contributed by atoms with Gasteiger partial charge in [-0.3, -0.25) is 0 Å². The van der Waals surface area contributed by atoms with Gasteiger partial charge < -0.3 is 4.90 Å². The molecule has 0 radical (unpaired) electrons. The molecule has 0 saturated carbocycles. The van der Waals surface area contributed by atoms with E-state index in [4.69, 9.17) is 0 Å². The van der Waals surface area contributed by atoms with E-state index in [-0.39, 0.29) is 0 Å². The zero-order valence-electron chi connectivity index (χ0n) is 29.1. The summed E-state index contributed by atoms with van der Waals surface area (Å²) >= 11 is 0. The van der Waals surface area contributed by atoms with Gasteiger partial charge in [-0.25, -0.2) is 0 Å². The normalized spacial score (nSPS) is 11.2. The number of hydrogen-bond acceptors (Lipinski definition) is 1. The molecule has 0 N–H and O–H groups in total. The Morgan fingerprint density at radius 2 is 0.808 bits per heavy atom. The molecule has 0 saturated heterocycles. The van der Waals surface area contributed by atoms with Crippen LogP contribution in [0.15, 0.2) is 206 Å². The summed E-state index contributed by atoms with van der Waals surface area (Å²) in [5.41, 5.74) is 14.3. The lowest BCUT2D eigenvalue weighted by Gasteiger charge is -2.30. The summed E-state index contributed by atoms with van der Waals surface area (Å²) in [6, 6.07) is 74.9. The van der Waals surface area contributed by atoms with Crippen LogP contribution >= 0.6 is 0 Å². The predicted octanol–water partition coefficient (Wildman–Crippen LogP) is 14.4. The van der Waals surface area contributed by atoms with Crippen molar-refractivity contribution in [1.29, 1.82) is 0 Å². The van der Waals surface area contributed by atoms with Crippen molar-refractivity contribution in [3.05, 3.63) is 212 Å². The van der Waals surface area contributed by atoms with Crippen LogP contribution in [0, 0.1) is 6.92 Å².